The van der Waals surface area contributed by atoms with Gasteiger partial charge in [-0.3, -0.25) is 4.79 Å². The van der Waals surface area contributed by atoms with Gasteiger partial charge in [0.1, 0.15) is 0 Å². The van der Waals surface area contributed by atoms with Gasteiger partial charge in [-0.15, -0.1) is 11.3 Å². The van der Waals surface area contributed by atoms with E-state index < -0.39 is 0 Å². The number of carbonyl (C=O) groups excluding carboxylic acids is 1. The highest BCUT2D eigenvalue weighted by Gasteiger charge is 2.30. The largest absolute Gasteiger partial charge is 0.341 e. The normalized spacial score (nSPS) is 22.7. The Balaban J connectivity index is 1.63. The molecule has 6 heteroatoms. The molecule has 1 saturated heterocycles. The van der Waals surface area contributed by atoms with E-state index in [1.165, 1.54) is 34.8 Å². The van der Waals surface area contributed by atoms with Gasteiger partial charge in [-0.2, -0.15) is 11.8 Å². The number of carbonyl (C=O) groups is 1. The van der Waals surface area contributed by atoms with Crippen molar-refractivity contribution < 1.29 is 4.79 Å². The maximum Gasteiger partial charge on any atom is 0.239 e. The Morgan fingerprint density at radius 3 is 3.04 bits per heavy atom. The molecule has 23 heavy (non-hydrogen) atoms. The number of fused-ring (bicyclic) bond motifs is 1. The number of nitrogens with zero attached hydrogens (tertiary/aromatic N) is 2. The summed E-state index contributed by atoms with van der Waals surface area (Å²) in [6.45, 7) is 1.66. The highest BCUT2D eigenvalue weighted by Crippen LogP contribution is 2.34. The highest BCUT2D eigenvalue weighted by molar-refractivity contribution is 7.98. The number of aromatic nitrogens is 1. The fourth-order valence-electron chi connectivity index (χ4n) is 3.53. The van der Waals surface area contributed by atoms with Gasteiger partial charge >= 0.3 is 0 Å². The number of amides is 1. The van der Waals surface area contributed by atoms with E-state index in [2.05, 4.69) is 6.26 Å². The molecule has 2 unspecified atom stereocenters. The SMILES string of the molecule is CSCCC(N)C(=O)N1CCCC(c2nc3c(s2)CCCC3)C1. The molecule has 1 amide bonds. The molecule has 0 saturated carbocycles. The van der Waals surface area contributed by atoms with E-state index in [1.807, 2.05) is 16.2 Å². The predicted molar refractivity (Wildman–Crippen MR) is 98.3 cm³/mol. The molecule has 1 aromatic rings. The van der Waals surface area contributed by atoms with Gasteiger partial charge in [-0.1, -0.05) is 0 Å². The number of rotatable bonds is 5. The lowest BCUT2D eigenvalue weighted by Gasteiger charge is -2.33. The summed E-state index contributed by atoms with van der Waals surface area (Å²) < 4.78 is 0. The molecule has 128 valence electrons. The van der Waals surface area contributed by atoms with Crippen LogP contribution in [-0.2, 0) is 17.6 Å². The molecule has 2 aliphatic rings. The summed E-state index contributed by atoms with van der Waals surface area (Å²) in [5.41, 5.74) is 7.41. The number of hydrogen-bond acceptors (Lipinski definition) is 5. The van der Waals surface area contributed by atoms with Crippen molar-refractivity contribution in [2.24, 2.45) is 5.73 Å². The zero-order chi connectivity index (χ0) is 16.2. The monoisotopic (exact) mass is 353 g/mol. The van der Waals surface area contributed by atoms with Crippen LogP contribution in [0.2, 0.25) is 0 Å². The minimum atomic E-state index is -0.342. The molecule has 1 aromatic heterocycles. The highest BCUT2D eigenvalue weighted by atomic mass is 32.2. The lowest BCUT2D eigenvalue weighted by molar-refractivity contribution is -0.133. The van der Waals surface area contributed by atoms with Crippen molar-refractivity contribution >= 4 is 29.0 Å². The fourth-order valence-corrected chi connectivity index (χ4v) is 5.30. The van der Waals surface area contributed by atoms with Crippen LogP contribution in [0.15, 0.2) is 0 Å². The van der Waals surface area contributed by atoms with Gasteiger partial charge in [0, 0.05) is 23.9 Å². The lowest BCUT2D eigenvalue weighted by Crippen LogP contribution is -2.47. The van der Waals surface area contributed by atoms with Crippen molar-refractivity contribution in [3.05, 3.63) is 15.6 Å². The molecule has 4 nitrogen and oxygen atoms in total. The summed E-state index contributed by atoms with van der Waals surface area (Å²) in [5, 5.41) is 1.26. The van der Waals surface area contributed by atoms with Crippen LogP contribution in [0.1, 0.15) is 53.6 Å². The standard InChI is InChI=1S/C17H27N3OS2/c1-22-10-8-13(18)17(21)20-9-4-5-12(11-20)16-19-14-6-2-3-7-15(14)23-16/h12-13H,2-11,18H2,1H3. The van der Waals surface area contributed by atoms with Crippen LogP contribution in [0.25, 0.3) is 0 Å². The molecular weight excluding hydrogens is 326 g/mol. The molecule has 2 atom stereocenters. The number of hydrogen-bond donors (Lipinski definition) is 1. The molecule has 2 N–H and O–H groups in total. The van der Waals surface area contributed by atoms with Crippen molar-refractivity contribution in [1.29, 1.82) is 0 Å². The molecule has 0 bridgehead atoms. The topological polar surface area (TPSA) is 59.2 Å². The number of nitrogens with two attached hydrogens (primary N) is 1. The van der Waals surface area contributed by atoms with Gasteiger partial charge in [0.25, 0.3) is 0 Å². The minimum Gasteiger partial charge on any atom is -0.341 e. The average Bonchev–Trinajstić information content (AvgIpc) is 3.03. The Bertz CT molecular complexity index is 522. The van der Waals surface area contributed by atoms with E-state index in [-0.39, 0.29) is 11.9 Å². The third-order valence-corrected chi connectivity index (χ3v) is 6.86. The molecule has 2 heterocycles. The molecule has 1 fully saturated rings. The lowest BCUT2D eigenvalue weighted by atomic mass is 9.97. The first-order valence-electron chi connectivity index (χ1n) is 8.71. The fraction of sp³-hybridized carbons (Fsp3) is 0.765. The Hall–Kier alpha value is -0.590. The zero-order valence-corrected chi connectivity index (χ0v) is 15.6. The van der Waals surface area contributed by atoms with Crippen molar-refractivity contribution in [2.45, 2.75) is 56.9 Å². The van der Waals surface area contributed by atoms with E-state index in [1.54, 1.807) is 11.8 Å². The van der Waals surface area contributed by atoms with E-state index >= 15 is 0 Å². The van der Waals surface area contributed by atoms with Crippen LogP contribution in [0.4, 0.5) is 0 Å². The molecule has 0 radical (unpaired) electrons. The summed E-state index contributed by atoms with van der Waals surface area (Å²) >= 11 is 3.64. The Labute approximate surface area is 147 Å². The van der Waals surface area contributed by atoms with Gasteiger partial charge in [0.15, 0.2) is 0 Å². The second-order valence-electron chi connectivity index (χ2n) is 6.64. The predicted octanol–water partition coefficient (Wildman–Crippen LogP) is 2.81. The van der Waals surface area contributed by atoms with Crippen LogP contribution < -0.4 is 5.73 Å². The smallest absolute Gasteiger partial charge is 0.239 e. The van der Waals surface area contributed by atoms with Crippen LogP contribution in [0.3, 0.4) is 0 Å². The number of aryl methyl sites for hydroxylation is 2. The first-order chi connectivity index (χ1) is 11.2. The van der Waals surface area contributed by atoms with E-state index in [9.17, 15) is 4.79 Å². The van der Waals surface area contributed by atoms with Gasteiger partial charge < -0.3 is 10.6 Å². The van der Waals surface area contributed by atoms with Crippen LogP contribution in [0, 0.1) is 0 Å². The van der Waals surface area contributed by atoms with E-state index in [0.29, 0.717) is 5.92 Å². The van der Waals surface area contributed by atoms with Crippen LogP contribution >= 0.6 is 23.1 Å². The third kappa shape index (κ3) is 4.09. The first-order valence-corrected chi connectivity index (χ1v) is 10.9. The van der Waals surface area contributed by atoms with Crippen LogP contribution in [0.5, 0.6) is 0 Å². The van der Waals surface area contributed by atoms with Crippen molar-refractivity contribution in [1.82, 2.24) is 9.88 Å². The summed E-state index contributed by atoms with van der Waals surface area (Å²) in [7, 11) is 0. The minimum absolute atomic E-state index is 0.130. The summed E-state index contributed by atoms with van der Waals surface area (Å²) in [6.07, 6.45) is 9.95. The average molecular weight is 354 g/mol. The van der Waals surface area contributed by atoms with Gasteiger partial charge in [0.05, 0.1) is 16.7 Å². The van der Waals surface area contributed by atoms with Gasteiger partial charge in [0.2, 0.25) is 5.91 Å². The summed E-state index contributed by atoms with van der Waals surface area (Å²) in [6, 6.07) is -0.342. The third-order valence-electron chi connectivity index (χ3n) is 4.89. The molecule has 1 aliphatic heterocycles. The Morgan fingerprint density at radius 1 is 1.43 bits per heavy atom. The maximum atomic E-state index is 12.5. The molecule has 0 spiro atoms. The number of thioether (sulfide) groups is 1. The molecule has 0 aromatic carbocycles. The van der Waals surface area contributed by atoms with Gasteiger partial charge in [-0.05, 0) is 57.0 Å². The van der Waals surface area contributed by atoms with E-state index in [0.717, 1.165) is 44.5 Å². The second-order valence-corrected chi connectivity index (χ2v) is 8.74. The number of likely N-dealkylation sites (tertiary alicyclic amines) is 1. The van der Waals surface area contributed by atoms with Crippen molar-refractivity contribution in [3.8, 4) is 0 Å². The molecule has 1 aliphatic carbocycles. The van der Waals surface area contributed by atoms with Crippen molar-refractivity contribution in [2.75, 3.05) is 25.1 Å². The number of thiazole rings is 1. The zero-order valence-electron chi connectivity index (χ0n) is 13.9. The quantitative estimate of drug-likeness (QED) is 0.884. The van der Waals surface area contributed by atoms with E-state index in [4.69, 9.17) is 10.7 Å². The first kappa shape index (κ1) is 17.2. The number of piperidine rings is 1. The van der Waals surface area contributed by atoms with Gasteiger partial charge in [-0.25, -0.2) is 4.98 Å². The summed E-state index contributed by atoms with van der Waals surface area (Å²) in [5.74, 6) is 1.49. The molecular formula is C17H27N3OS2. The van der Waals surface area contributed by atoms with Crippen molar-refractivity contribution in [3.63, 3.8) is 0 Å². The van der Waals surface area contributed by atoms with Crippen LogP contribution in [-0.4, -0.2) is 46.9 Å². The molecule has 3 rings (SSSR count). The maximum absolute atomic E-state index is 12.5. The summed E-state index contributed by atoms with van der Waals surface area (Å²) in [4.78, 5) is 20.9. The Kier molecular flexibility index (Phi) is 5.99. The second kappa shape index (κ2) is 7.99. The Morgan fingerprint density at radius 2 is 2.26 bits per heavy atom.